The summed E-state index contributed by atoms with van der Waals surface area (Å²) in [4.78, 5) is 15.8. The summed E-state index contributed by atoms with van der Waals surface area (Å²) in [5.74, 6) is 1.10. The molecule has 100 valence electrons. The van der Waals surface area contributed by atoms with Crippen molar-refractivity contribution in [2.45, 2.75) is 13.8 Å². The summed E-state index contributed by atoms with van der Waals surface area (Å²) >= 11 is 0. The zero-order valence-corrected chi connectivity index (χ0v) is 11.0. The van der Waals surface area contributed by atoms with Gasteiger partial charge in [0.1, 0.15) is 12.1 Å². The van der Waals surface area contributed by atoms with Crippen LogP contribution >= 0.6 is 0 Å². The lowest BCUT2D eigenvalue weighted by Gasteiger charge is -2.13. The van der Waals surface area contributed by atoms with Crippen molar-refractivity contribution in [3.8, 4) is 5.75 Å². The van der Waals surface area contributed by atoms with E-state index in [4.69, 9.17) is 4.74 Å². The second-order valence-corrected chi connectivity index (χ2v) is 4.60. The average Bonchev–Trinajstić information content (AvgIpc) is 2.91. The highest BCUT2D eigenvalue weighted by Gasteiger charge is 2.09. The molecule has 1 heterocycles. The Morgan fingerprint density at radius 3 is 2.89 bits per heavy atom. The van der Waals surface area contributed by atoms with Gasteiger partial charge in [-0.25, -0.2) is 9.78 Å². The molecule has 0 bridgehead atoms. The summed E-state index contributed by atoms with van der Waals surface area (Å²) < 4.78 is 7.05. The molecule has 1 amide bonds. The van der Waals surface area contributed by atoms with Gasteiger partial charge >= 0.3 is 6.03 Å². The van der Waals surface area contributed by atoms with Crippen molar-refractivity contribution in [1.82, 2.24) is 9.55 Å². The monoisotopic (exact) mass is 259 g/mol. The molecular formula is C14H17N3O2. The van der Waals surface area contributed by atoms with Gasteiger partial charge in [0.2, 0.25) is 0 Å². The van der Waals surface area contributed by atoms with E-state index in [0.29, 0.717) is 24.0 Å². The number of para-hydroxylation sites is 2. The summed E-state index contributed by atoms with van der Waals surface area (Å²) in [6.45, 7) is 4.76. The normalized spacial score (nSPS) is 10.5. The van der Waals surface area contributed by atoms with Crippen molar-refractivity contribution in [1.29, 1.82) is 0 Å². The maximum atomic E-state index is 11.9. The molecule has 0 saturated carbocycles. The lowest BCUT2D eigenvalue weighted by molar-refractivity contribution is 0.252. The van der Waals surface area contributed by atoms with Gasteiger partial charge in [0, 0.05) is 12.4 Å². The number of nitrogens with one attached hydrogen (secondary N) is 1. The summed E-state index contributed by atoms with van der Waals surface area (Å²) in [6, 6.07) is 7.11. The molecule has 2 rings (SSSR count). The first kappa shape index (κ1) is 13.1. The molecule has 1 N–H and O–H groups in total. The Labute approximate surface area is 112 Å². The van der Waals surface area contributed by atoms with Crippen LogP contribution in [0.25, 0.3) is 0 Å². The van der Waals surface area contributed by atoms with Gasteiger partial charge in [0.15, 0.2) is 0 Å². The summed E-state index contributed by atoms with van der Waals surface area (Å²) in [5.41, 5.74) is 0.654. The Morgan fingerprint density at radius 1 is 1.42 bits per heavy atom. The molecule has 5 heteroatoms. The minimum Gasteiger partial charge on any atom is -0.491 e. The number of imidazole rings is 1. The van der Waals surface area contributed by atoms with Crippen LogP contribution in [0.3, 0.4) is 0 Å². The van der Waals surface area contributed by atoms with E-state index >= 15 is 0 Å². The molecule has 1 aromatic carbocycles. The van der Waals surface area contributed by atoms with Gasteiger partial charge < -0.3 is 10.1 Å². The molecule has 0 fully saturated rings. The maximum absolute atomic E-state index is 11.9. The molecular weight excluding hydrogens is 242 g/mol. The van der Waals surface area contributed by atoms with E-state index in [9.17, 15) is 4.79 Å². The first-order valence-electron chi connectivity index (χ1n) is 6.18. The number of hydrogen-bond donors (Lipinski definition) is 1. The topological polar surface area (TPSA) is 56.1 Å². The zero-order valence-electron chi connectivity index (χ0n) is 11.0. The highest BCUT2D eigenvalue weighted by Crippen LogP contribution is 2.24. The second kappa shape index (κ2) is 6.04. The van der Waals surface area contributed by atoms with Crippen molar-refractivity contribution < 1.29 is 9.53 Å². The number of hydrogen-bond acceptors (Lipinski definition) is 3. The van der Waals surface area contributed by atoms with Crippen LogP contribution in [0.5, 0.6) is 5.75 Å². The molecule has 0 unspecified atom stereocenters. The number of ether oxygens (including phenoxy) is 1. The van der Waals surface area contributed by atoms with E-state index in [-0.39, 0.29) is 6.03 Å². The van der Waals surface area contributed by atoms with E-state index < -0.39 is 0 Å². The van der Waals surface area contributed by atoms with Gasteiger partial charge in [-0.2, -0.15) is 0 Å². The first-order chi connectivity index (χ1) is 9.16. The largest absolute Gasteiger partial charge is 0.491 e. The Hall–Kier alpha value is -2.30. The van der Waals surface area contributed by atoms with Crippen LogP contribution in [0.4, 0.5) is 10.5 Å². The zero-order chi connectivity index (χ0) is 13.7. The smallest absolute Gasteiger partial charge is 0.331 e. The Kier molecular flexibility index (Phi) is 4.18. The molecule has 0 radical (unpaired) electrons. The van der Waals surface area contributed by atoms with E-state index in [2.05, 4.69) is 24.1 Å². The summed E-state index contributed by atoms with van der Waals surface area (Å²) in [6.07, 6.45) is 4.60. The van der Waals surface area contributed by atoms with E-state index in [1.807, 2.05) is 24.3 Å². The molecule has 0 aliphatic carbocycles. The highest BCUT2D eigenvalue weighted by atomic mass is 16.5. The van der Waals surface area contributed by atoms with Crippen molar-refractivity contribution in [2.75, 3.05) is 11.9 Å². The van der Waals surface area contributed by atoms with Crippen molar-refractivity contribution in [3.63, 3.8) is 0 Å². The molecule has 5 nitrogen and oxygen atoms in total. The predicted octanol–water partition coefficient (Wildman–Crippen LogP) is 3.00. The number of anilines is 1. The summed E-state index contributed by atoms with van der Waals surface area (Å²) in [5, 5.41) is 2.80. The average molecular weight is 259 g/mol. The van der Waals surface area contributed by atoms with Gasteiger partial charge in [-0.05, 0) is 18.1 Å². The number of aromatic nitrogens is 2. The quantitative estimate of drug-likeness (QED) is 0.918. The van der Waals surface area contributed by atoms with Crippen LogP contribution in [0.15, 0.2) is 43.0 Å². The van der Waals surface area contributed by atoms with E-state index in [1.54, 1.807) is 12.4 Å². The maximum Gasteiger partial charge on any atom is 0.331 e. The molecule has 0 aliphatic heterocycles. The highest BCUT2D eigenvalue weighted by molar-refractivity contribution is 5.92. The van der Waals surface area contributed by atoms with Gasteiger partial charge in [0.05, 0.1) is 12.3 Å². The van der Waals surface area contributed by atoms with Gasteiger partial charge in [0.25, 0.3) is 0 Å². The van der Waals surface area contributed by atoms with Crippen LogP contribution in [0.1, 0.15) is 13.8 Å². The molecule has 19 heavy (non-hydrogen) atoms. The van der Waals surface area contributed by atoms with Crippen molar-refractivity contribution in [3.05, 3.63) is 43.0 Å². The van der Waals surface area contributed by atoms with Gasteiger partial charge in [-0.1, -0.05) is 26.0 Å². The Balaban J connectivity index is 2.09. The fourth-order valence-corrected chi connectivity index (χ4v) is 1.51. The Morgan fingerprint density at radius 2 is 2.21 bits per heavy atom. The van der Waals surface area contributed by atoms with Crippen molar-refractivity contribution in [2.24, 2.45) is 5.92 Å². The van der Waals surface area contributed by atoms with Crippen LogP contribution in [0.2, 0.25) is 0 Å². The molecule has 0 aliphatic rings. The van der Waals surface area contributed by atoms with Gasteiger partial charge in [-0.15, -0.1) is 0 Å². The third kappa shape index (κ3) is 3.58. The van der Waals surface area contributed by atoms with Crippen molar-refractivity contribution >= 4 is 11.7 Å². The molecule has 0 spiro atoms. The number of nitrogens with zero attached hydrogens (tertiary/aromatic N) is 2. The molecule has 0 saturated heterocycles. The SMILES string of the molecule is CC(C)COc1ccccc1NC(=O)n1ccnc1. The minimum atomic E-state index is -0.266. The fourth-order valence-electron chi connectivity index (χ4n) is 1.51. The number of carbonyl (C=O) groups excluding carboxylic acids is 1. The Bertz CT molecular complexity index is 535. The fraction of sp³-hybridized carbons (Fsp3) is 0.286. The second-order valence-electron chi connectivity index (χ2n) is 4.60. The number of rotatable bonds is 4. The standard InChI is InChI=1S/C14H17N3O2/c1-11(2)9-19-13-6-4-3-5-12(13)16-14(18)17-8-7-15-10-17/h3-8,10-11H,9H2,1-2H3,(H,16,18). The molecule has 1 aromatic heterocycles. The minimum absolute atomic E-state index is 0.266. The van der Waals surface area contributed by atoms with E-state index in [1.165, 1.54) is 10.9 Å². The molecule has 0 atom stereocenters. The van der Waals surface area contributed by atoms with Crippen LogP contribution in [-0.2, 0) is 0 Å². The van der Waals surface area contributed by atoms with E-state index in [0.717, 1.165) is 0 Å². The first-order valence-corrected chi connectivity index (χ1v) is 6.18. The lowest BCUT2D eigenvalue weighted by Crippen LogP contribution is -2.18. The van der Waals surface area contributed by atoms with Crippen LogP contribution in [-0.4, -0.2) is 22.2 Å². The number of benzene rings is 1. The van der Waals surface area contributed by atoms with Crippen LogP contribution < -0.4 is 10.1 Å². The number of carbonyl (C=O) groups is 1. The third-order valence-corrected chi connectivity index (χ3v) is 2.44. The van der Waals surface area contributed by atoms with Gasteiger partial charge in [-0.3, -0.25) is 4.57 Å². The molecule has 2 aromatic rings. The summed E-state index contributed by atoms with van der Waals surface area (Å²) in [7, 11) is 0. The predicted molar refractivity (Wildman–Crippen MR) is 73.4 cm³/mol. The lowest BCUT2D eigenvalue weighted by atomic mass is 10.2. The number of amides is 1. The van der Waals surface area contributed by atoms with Crippen LogP contribution in [0, 0.1) is 5.92 Å². The third-order valence-electron chi connectivity index (χ3n) is 2.44.